The lowest BCUT2D eigenvalue weighted by Gasteiger charge is -2.37. The lowest BCUT2D eigenvalue weighted by Crippen LogP contribution is -2.51. The van der Waals surface area contributed by atoms with Crippen molar-refractivity contribution in [2.75, 3.05) is 26.2 Å². The SMILES string of the molecule is CC(=O)N[C@@H]1CCc2ccc(S(=O)(=O)N3CCN(C4CCCC4)CC3)cc21. The molecule has 0 unspecified atom stereocenters. The minimum absolute atomic E-state index is 0.0770. The molecule has 0 aromatic heterocycles. The number of nitrogens with one attached hydrogen (secondary N) is 1. The summed E-state index contributed by atoms with van der Waals surface area (Å²) in [6.45, 7) is 4.27. The fraction of sp³-hybridized carbons (Fsp3) is 0.650. The highest BCUT2D eigenvalue weighted by Gasteiger charge is 2.33. The van der Waals surface area contributed by atoms with Gasteiger partial charge in [0.15, 0.2) is 0 Å². The number of hydrogen-bond acceptors (Lipinski definition) is 4. The number of fused-ring (bicyclic) bond motifs is 1. The summed E-state index contributed by atoms with van der Waals surface area (Å²) in [5.41, 5.74) is 2.09. The molecule has 1 aromatic rings. The Morgan fingerprint density at radius 3 is 2.44 bits per heavy atom. The summed E-state index contributed by atoms with van der Waals surface area (Å²) in [4.78, 5) is 14.3. The molecule has 1 amide bonds. The number of sulfonamides is 1. The number of nitrogens with zero attached hydrogens (tertiary/aromatic N) is 2. The molecule has 3 aliphatic rings. The van der Waals surface area contributed by atoms with Crippen LogP contribution in [0.2, 0.25) is 0 Å². The highest BCUT2D eigenvalue weighted by Crippen LogP contribution is 2.34. The van der Waals surface area contributed by atoms with Crippen molar-refractivity contribution in [3.8, 4) is 0 Å². The summed E-state index contributed by atoms with van der Waals surface area (Å²) in [6, 6.07) is 5.99. The highest BCUT2D eigenvalue weighted by atomic mass is 32.2. The summed E-state index contributed by atoms with van der Waals surface area (Å²) >= 11 is 0. The van der Waals surface area contributed by atoms with Crippen molar-refractivity contribution in [3.63, 3.8) is 0 Å². The number of amides is 1. The van der Waals surface area contributed by atoms with Crippen LogP contribution >= 0.6 is 0 Å². The number of carbonyl (C=O) groups excluding carboxylic acids is 1. The van der Waals surface area contributed by atoms with Gasteiger partial charge in [-0.15, -0.1) is 0 Å². The molecule has 1 N–H and O–H groups in total. The first kappa shape index (κ1) is 18.9. The second kappa shape index (κ2) is 7.53. The maximum Gasteiger partial charge on any atom is 0.243 e. The van der Waals surface area contributed by atoms with Gasteiger partial charge in [-0.3, -0.25) is 9.69 Å². The van der Waals surface area contributed by atoms with Crippen molar-refractivity contribution in [2.24, 2.45) is 0 Å². The topological polar surface area (TPSA) is 69.7 Å². The van der Waals surface area contributed by atoms with Crippen LogP contribution in [0.5, 0.6) is 0 Å². The molecule has 1 aromatic carbocycles. The van der Waals surface area contributed by atoms with Crippen molar-refractivity contribution >= 4 is 15.9 Å². The Morgan fingerprint density at radius 2 is 1.78 bits per heavy atom. The average molecular weight is 392 g/mol. The van der Waals surface area contributed by atoms with Crippen molar-refractivity contribution < 1.29 is 13.2 Å². The molecule has 0 spiro atoms. The van der Waals surface area contributed by atoms with Gasteiger partial charge < -0.3 is 5.32 Å². The minimum Gasteiger partial charge on any atom is -0.350 e. The third kappa shape index (κ3) is 3.77. The van der Waals surface area contributed by atoms with Crippen molar-refractivity contribution in [3.05, 3.63) is 29.3 Å². The van der Waals surface area contributed by atoms with Gasteiger partial charge >= 0.3 is 0 Å². The first-order chi connectivity index (χ1) is 12.9. The largest absolute Gasteiger partial charge is 0.350 e. The van der Waals surface area contributed by atoms with Crippen LogP contribution in [0.1, 0.15) is 56.2 Å². The molecule has 6 nitrogen and oxygen atoms in total. The van der Waals surface area contributed by atoms with E-state index in [4.69, 9.17) is 0 Å². The maximum absolute atomic E-state index is 13.2. The van der Waals surface area contributed by atoms with Gasteiger partial charge in [-0.1, -0.05) is 18.9 Å². The Labute approximate surface area is 162 Å². The quantitative estimate of drug-likeness (QED) is 0.853. The Balaban J connectivity index is 1.49. The van der Waals surface area contributed by atoms with Crippen LogP contribution in [0, 0.1) is 0 Å². The standard InChI is InChI=1S/C20H29N3O3S/c1-15(24)21-20-9-7-16-6-8-18(14-19(16)20)27(25,26)23-12-10-22(11-13-23)17-4-2-3-5-17/h6,8,14,17,20H,2-5,7,9-13H2,1H3,(H,21,24)/t20-/m1/s1. The number of rotatable bonds is 4. The van der Waals surface area contributed by atoms with Crippen LogP contribution in [0.3, 0.4) is 0 Å². The monoisotopic (exact) mass is 391 g/mol. The summed E-state index contributed by atoms with van der Waals surface area (Å²) in [7, 11) is -3.49. The zero-order valence-corrected chi connectivity index (χ0v) is 16.8. The van der Waals surface area contributed by atoms with E-state index in [9.17, 15) is 13.2 Å². The maximum atomic E-state index is 13.2. The summed E-state index contributed by atoms with van der Waals surface area (Å²) in [5, 5.41) is 2.94. The van der Waals surface area contributed by atoms with E-state index in [1.54, 1.807) is 16.4 Å². The summed E-state index contributed by atoms with van der Waals surface area (Å²) < 4.78 is 28.0. The lowest BCUT2D eigenvalue weighted by molar-refractivity contribution is -0.119. The normalized spacial score (nSPS) is 24.9. The van der Waals surface area contributed by atoms with Gasteiger partial charge in [0.1, 0.15) is 0 Å². The number of carbonyl (C=O) groups is 1. The van der Waals surface area contributed by atoms with Gasteiger partial charge in [0, 0.05) is 39.1 Å². The number of aryl methyl sites for hydroxylation is 1. The van der Waals surface area contributed by atoms with Crippen LogP contribution in [-0.4, -0.2) is 55.8 Å². The Hall–Kier alpha value is -1.44. The van der Waals surface area contributed by atoms with Gasteiger partial charge in [0.2, 0.25) is 15.9 Å². The van der Waals surface area contributed by atoms with Crippen molar-refractivity contribution in [1.29, 1.82) is 0 Å². The zero-order valence-electron chi connectivity index (χ0n) is 16.0. The minimum atomic E-state index is -3.49. The smallest absolute Gasteiger partial charge is 0.243 e. The van der Waals surface area contributed by atoms with Crippen molar-refractivity contribution in [2.45, 2.75) is 62.4 Å². The average Bonchev–Trinajstić information content (AvgIpc) is 3.31. The Bertz CT molecular complexity index is 810. The van der Waals surface area contributed by atoms with Gasteiger partial charge in [-0.25, -0.2) is 8.42 Å². The highest BCUT2D eigenvalue weighted by molar-refractivity contribution is 7.89. The first-order valence-corrected chi connectivity index (χ1v) is 11.5. The molecule has 27 heavy (non-hydrogen) atoms. The van der Waals surface area contributed by atoms with Gasteiger partial charge in [-0.05, 0) is 48.9 Å². The van der Waals surface area contributed by atoms with E-state index >= 15 is 0 Å². The number of benzene rings is 1. The fourth-order valence-electron chi connectivity index (χ4n) is 4.86. The zero-order chi connectivity index (χ0) is 19.0. The van der Waals surface area contributed by atoms with E-state index < -0.39 is 10.0 Å². The molecule has 1 saturated heterocycles. The van der Waals surface area contributed by atoms with E-state index in [-0.39, 0.29) is 11.9 Å². The van der Waals surface area contributed by atoms with E-state index in [1.807, 2.05) is 6.07 Å². The van der Waals surface area contributed by atoms with Crippen LogP contribution in [0.25, 0.3) is 0 Å². The molecule has 1 saturated carbocycles. The first-order valence-electron chi connectivity index (χ1n) is 10.1. The second-order valence-corrected chi connectivity index (χ2v) is 9.97. The molecule has 7 heteroatoms. The lowest BCUT2D eigenvalue weighted by atomic mass is 10.1. The molecule has 1 heterocycles. The van der Waals surface area contributed by atoms with Crippen molar-refractivity contribution in [1.82, 2.24) is 14.5 Å². The summed E-state index contributed by atoms with van der Waals surface area (Å²) in [6.07, 6.45) is 6.81. The van der Waals surface area contributed by atoms with Gasteiger partial charge in [-0.2, -0.15) is 4.31 Å². The Kier molecular flexibility index (Phi) is 5.27. The predicted octanol–water partition coefficient (Wildman–Crippen LogP) is 2.06. The second-order valence-electron chi connectivity index (χ2n) is 8.03. The third-order valence-corrected chi connectivity index (χ3v) is 8.22. The number of hydrogen-bond donors (Lipinski definition) is 1. The van der Waals surface area contributed by atoms with Crippen LogP contribution in [0.15, 0.2) is 23.1 Å². The molecule has 1 atom stereocenters. The van der Waals surface area contributed by atoms with E-state index in [2.05, 4.69) is 10.2 Å². The van der Waals surface area contributed by atoms with Gasteiger partial charge in [0.05, 0.1) is 10.9 Å². The number of piperazine rings is 1. The van der Waals surface area contributed by atoms with Crippen LogP contribution in [-0.2, 0) is 21.2 Å². The molecular formula is C20H29N3O3S. The van der Waals surface area contributed by atoms with E-state index in [0.29, 0.717) is 24.0 Å². The molecular weight excluding hydrogens is 362 g/mol. The van der Waals surface area contributed by atoms with Gasteiger partial charge in [0.25, 0.3) is 0 Å². The summed E-state index contributed by atoms with van der Waals surface area (Å²) in [5.74, 6) is -0.0795. The Morgan fingerprint density at radius 1 is 1.07 bits per heavy atom. The molecule has 0 bridgehead atoms. The molecule has 2 aliphatic carbocycles. The van der Waals surface area contributed by atoms with Crippen LogP contribution < -0.4 is 5.32 Å². The molecule has 2 fully saturated rings. The predicted molar refractivity (Wildman–Crippen MR) is 104 cm³/mol. The van der Waals surface area contributed by atoms with E-state index in [1.165, 1.54) is 32.6 Å². The van der Waals surface area contributed by atoms with Crippen LogP contribution in [0.4, 0.5) is 0 Å². The molecule has 0 radical (unpaired) electrons. The van der Waals surface area contributed by atoms with E-state index in [0.717, 1.165) is 37.1 Å². The fourth-order valence-corrected chi connectivity index (χ4v) is 6.32. The third-order valence-electron chi connectivity index (χ3n) is 6.32. The molecule has 4 rings (SSSR count). The molecule has 1 aliphatic heterocycles. The molecule has 148 valence electrons.